The van der Waals surface area contributed by atoms with E-state index in [2.05, 4.69) is 20.9 Å². The highest BCUT2D eigenvalue weighted by atomic mass is 35.5. The van der Waals surface area contributed by atoms with Gasteiger partial charge in [-0.2, -0.15) is 0 Å². The SMILES string of the molecule is COc1ccc(O)c(C(=O)c2ccc(NC[C@@H]3CCCNCC3NC(=O)c3ccncc3)cc2)c1F.Cl. The van der Waals surface area contributed by atoms with E-state index in [1.54, 1.807) is 48.8 Å². The number of pyridine rings is 1. The number of rotatable bonds is 8. The average Bonchev–Trinajstić information content (AvgIpc) is 3.13. The molecule has 1 aromatic heterocycles. The second-order valence-electron chi connectivity index (χ2n) is 8.69. The Morgan fingerprint density at radius 1 is 1.11 bits per heavy atom. The number of benzene rings is 2. The van der Waals surface area contributed by atoms with Crippen LogP contribution in [0.2, 0.25) is 0 Å². The van der Waals surface area contributed by atoms with Gasteiger partial charge in [0.25, 0.3) is 5.91 Å². The lowest BCUT2D eigenvalue weighted by molar-refractivity contribution is 0.0923. The van der Waals surface area contributed by atoms with Crippen molar-refractivity contribution in [3.05, 3.63) is 83.4 Å². The summed E-state index contributed by atoms with van der Waals surface area (Å²) in [5.41, 5.74) is 1.18. The van der Waals surface area contributed by atoms with Crippen LogP contribution in [0.5, 0.6) is 11.5 Å². The minimum atomic E-state index is -0.897. The van der Waals surface area contributed by atoms with Gasteiger partial charge < -0.3 is 25.8 Å². The van der Waals surface area contributed by atoms with Crippen molar-refractivity contribution in [2.75, 3.05) is 32.1 Å². The van der Waals surface area contributed by atoms with E-state index in [-0.39, 0.29) is 41.6 Å². The molecule has 37 heavy (non-hydrogen) atoms. The molecule has 1 fully saturated rings. The molecule has 1 aliphatic rings. The Labute approximate surface area is 221 Å². The lowest BCUT2D eigenvalue weighted by Crippen LogP contribution is -2.47. The Balaban J connectivity index is 0.00000380. The fourth-order valence-electron chi connectivity index (χ4n) is 4.34. The number of carbonyl (C=O) groups excluding carboxylic acids is 2. The number of ketones is 1. The highest BCUT2D eigenvalue weighted by molar-refractivity contribution is 6.11. The van der Waals surface area contributed by atoms with Crippen LogP contribution in [0.25, 0.3) is 0 Å². The van der Waals surface area contributed by atoms with Crippen LogP contribution in [0, 0.1) is 11.7 Å². The molecule has 1 aliphatic heterocycles. The van der Waals surface area contributed by atoms with Crippen LogP contribution in [0.1, 0.15) is 39.1 Å². The Bertz CT molecular complexity index is 1210. The summed E-state index contributed by atoms with van der Waals surface area (Å²) in [4.78, 5) is 29.5. The van der Waals surface area contributed by atoms with Crippen molar-refractivity contribution in [3.8, 4) is 11.5 Å². The van der Waals surface area contributed by atoms with Gasteiger partial charge in [0.2, 0.25) is 0 Å². The first-order valence-corrected chi connectivity index (χ1v) is 11.8. The lowest BCUT2D eigenvalue weighted by atomic mass is 9.95. The average molecular weight is 529 g/mol. The summed E-state index contributed by atoms with van der Waals surface area (Å²) >= 11 is 0. The molecule has 0 saturated carbocycles. The second-order valence-corrected chi connectivity index (χ2v) is 8.69. The molecule has 0 spiro atoms. The summed E-state index contributed by atoms with van der Waals surface area (Å²) in [6.45, 7) is 2.19. The van der Waals surface area contributed by atoms with Gasteiger partial charge in [0.15, 0.2) is 17.3 Å². The number of ether oxygens (including phenoxy) is 1. The number of amides is 1. The van der Waals surface area contributed by atoms with E-state index in [4.69, 9.17) is 4.74 Å². The summed E-state index contributed by atoms with van der Waals surface area (Å²) < 4.78 is 19.5. The molecule has 196 valence electrons. The van der Waals surface area contributed by atoms with Crippen LogP contribution in [0.4, 0.5) is 10.1 Å². The topological polar surface area (TPSA) is 113 Å². The molecule has 2 atom stereocenters. The highest BCUT2D eigenvalue weighted by Crippen LogP contribution is 2.30. The summed E-state index contributed by atoms with van der Waals surface area (Å²) in [5, 5.41) is 20.0. The molecule has 4 N–H and O–H groups in total. The maximum absolute atomic E-state index is 14.6. The summed E-state index contributed by atoms with van der Waals surface area (Å²) in [6.07, 6.45) is 5.12. The first-order chi connectivity index (χ1) is 17.5. The number of aromatic nitrogens is 1. The number of carbonyl (C=O) groups is 2. The van der Waals surface area contributed by atoms with Crippen LogP contribution in [0.15, 0.2) is 60.9 Å². The van der Waals surface area contributed by atoms with Gasteiger partial charge in [0.05, 0.1) is 7.11 Å². The minimum Gasteiger partial charge on any atom is -0.507 e. The molecule has 1 saturated heterocycles. The van der Waals surface area contributed by atoms with Gasteiger partial charge >= 0.3 is 0 Å². The monoisotopic (exact) mass is 528 g/mol. The Morgan fingerprint density at radius 2 is 1.84 bits per heavy atom. The summed E-state index contributed by atoms with van der Waals surface area (Å²) in [7, 11) is 1.30. The molecule has 0 aliphatic carbocycles. The third-order valence-corrected chi connectivity index (χ3v) is 6.37. The number of nitrogens with zero attached hydrogens (tertiary/aromatic N) is 1. The van der Waals surface area contributed by atoms with Crippen LogP contribution in [-0.2, 0) is 0 Å². The predicted molar refractivity (Wildman–Crippen MR) is 141 cm³/mol. The molecular weight excluding hydrogens is 499 g/mol. The minimum absolute atomic E-state index is 0. The van der Waals surface area contributed by atoms with Crippen LogP contribution >= 0.6 is 12.4 Å². The van der Waals surface area contributed by atoms with E-state index in [0.717, 1.165) is 25.1 Å². The van der Waals surface area contributed by atoms with Gasteiger partial charge in [-0.1, -0.05) is 0 Å². The van der Waals surface area contributed by atoms with E-state index in [1.165, 1.54) is 19.2 Å². The van der Waals surface area contributed by atoms with Crippen LogP contribution in [-0.4, -0.2) is 54.6 Å². The van der Waals surface area contributed by atoms with Crippen molar-refractivity contribution < 1.29 is 23.8 Å². The van der Waals surface area contributed by atoms with Crippen LogP contribution in [0.3, 0.4) is 0 Å². The number of nitrogens with one attached hydrogen (secondary N) is 3. The zero-order chi connectivity index (χ0) is 25.5. The standard InChI is InChI=1S/C27H29FN4O4.ClH/c1-36-23-9-8-22(33)24(25(23)28)26(34)17-4-6-20(7-5-17)31-15-19-3-2-12-30-16-21(19)32-27(35)18-10-13-29-14-11-18;/h4-11,13-14,19,21,30-31,33H,2-3,12,15-16H2,1H3,(H,32,35);1H/t19-,21?;/m0./s1. The maximum atomic E-state index is 14.6. The van der Waals surface area contributed by atoms with Gasteiger partial charge in [-0.25, -0.2) is 4.39 Å². The Morgan fingerprint density at radius 3 is 2.54 bits per heavy atom. The van der Waals surface area contributed by atoms with E-state index in [9.17, 15) is 19.1 Å². The van der Waals surface area contributed by atoms with Gasteiger partial charge in [0.1, 0.15) is 11.3 Å². The van der Waals surface area contributed by atoms with Crippen LogP contribution < -0.4 is 20.7 Å². The number of methoxy groups -OCH3 is 1. The van der Waals surface area contributed by atoms with Crippen molar-refractivity contribution in [2.45, 2.75) is 18.9 Å². The third kappa shape index (κ3) is 6.75. The number of hydrogen-bond donors (Lipinski definition) is 4. The number of aromatic hydroxyl groups is 1. The number of halogens is 2. The summed E-state index contributed by atoms with van der Waals surface area (Å²) in [6, 6.07) is 12.5. The van der Waals surface area contributed by atoms with E-state index >= 15 is 0 Å². The number of phenols is 1. The van der Waals surface area contributed by atoms with Crippen molar-refractivity contribution in [3.63, 3.8) is 0 Å². The normalized spacial score (nSPS) is 17.1. The largest absolute Gasteiger partial charge is 0.507 e. The molecular formula is C27H30ClFN4O4. The van der Waals surface area contributed by atoms with Crippen molar-refractivity contribution in [1.29, 1.82) is 0 Å². The molecule has 8 nitrogen and oxygen atoms in total. The molecule has 10 heteroatoms. The molecule has 3 aromatic rings. The highest BCUT2D eigenvalue weighted by Gasteiger charge is 2.26. The number of phenolic OH excluding ortho intramolecular Hbond substituents is 1. The lowest BCUT2D eigenvalue weighted by Gasteiger charge is -2.26. The quantitative estimate of drug-likeness (QED) is 0.329. The Kier molecular flexibility index (Phi) is 9.82. The molecule has 4 rings (SSSR count). The predicted octanol–water partition coefficient (Wildman–Crippen LogP) is 3.80. The van der Waals surface area contributed by atoms with Gasteiger partial charge in [-0.3, -0.25) is 14.6 Å². The molecule has 1 unspecified atom stereocenters. The van der Waals surface area contributed by atoms with E-state index in [0.29, 0.717) is 18.7 Å². The van der Waals surface area contributed by atoms with E-state index < -0.39 is 22.9 Å². The maximum Gasteiger partial charge on any atom is 0.251 e. The van der Waals surface area contributed by atoms with Crippen molar-refractivity contribution >= 4 is 29.8 Å². The van der Waals surface area contributed by atoms with Crippen molar-refractivity contribution in [1.82, 2.24) is 15.6 Å². The van der Waals surface area contributed by atoms with Gasteiger partial charge in [0, 0.05) is 48.3 Å². The molecule has 2 heterocycles. The van der Waals surface area contributed by atoms with Crippen molar-refractivity contribution in [2.24, 2.45) is 5.92 Å². The molecule has 2 aromatic carbocycles. The number of hydrogen-bond acceptors (Lipinski definition) is 7. The molecule has 0 bridgehead atoms. The van der Waals surface area contributed by atoms with Gasteiger partial charge in [-0.05, 0) is 73.8 Å². The first kappa shape index (κ1) is 27.9. The van der Waals surface area contributed by atoms with Gasteiger partial charge in [-0.15, -0.1) is 12.4 Å². The fourth-order valence-corrected chi connectivity index (χ4v) is 4.34. The second kappa shape index (κ2) is 13.0. The fraction of sp³-hybridized carbons (Fsp3) is 0.296. The molecule has 0 radical (unpaired) electrons. The zero-order valence-electron chi connectivity index (χ0n) is 20.4. The molecule has 1 amide bonds. The number of anilines is 1. The third-order valence-electron chi connectivity index (χ3n) is 6.37. The summed E-state index contributed by atoms with van der Waals surface area (Å²) in [5.74, 6) is -2.03. The zero-order valence-corrected chi connectivity index (χ0v) is 21.2. The Hall–Kier alpha value is -3.69. The first-order valence-electron chi connectivity index (χ1n) is 11.8. The van der Waals surface area contributed by atoms with E-state index in [1.807, 2.05) is 0 Å². The smallest absolute Gasteiger partial charge is 0.251 e.